The van der Waals surface area contributed by atoms with Crippen LogP contribution in [0.4, 0.5) is 17.6 Å². The maximum atomic E-state index is 13.1. The lowest BCUT2D eigenvalue weighted by atomic mass is 10.1. The first-order chi connectivity index (χ1) is 13.3. The molecule has 5 nitrogen and oxygen atoms in total. The fraction of sp³-hybridized carbons (Fsp3) is 0.368. The van der Waals surface area contributed by atoms with E-state index in [0.29, 0.717) is 19.7 Å². The monoisotopic (exact) mass is 400 g/mol. The van der Waals surface area contributed by atoms with Gasteiger partial charge in [0.05, 0.1) is 12.7 Å². The van der Waals surface area contributed by atoms with Crippen molar-refractivity contribution in [3.63, 3.8) is 0 Å². The number of alkyl halides is 3. The Morgan fingerprint density at radius 2 is 1.89 bits per heavy atom. The number of nitrogens with one attached hydrogen (secondary N) is 1. The number of halogens is 4. The summed E-state index contributed by atoms with van der Waals surface area (Å²) in [6, 6.07) is 11.6. The first-order valence-electron chi connectivity index (χ1n) is 8.68. The third-order valence-corrected chi connectivity index (χ3v) is 4.36. The average Bonchev–Trinajstić information content (AvgIpc) is 2.66. The SMILES string of the molecule is OC(NCc1ccccc1OC(F)(F)F)N1CCOC(c2ccc(F)cc2)C1. The van der Waals surface area contributed by atoms with E-state index in [1.807, 2.05) is 0 Å². The van der Waals surface area contributed by atoms with Crippen LogP contribution < -0.4 is 10.1 Å². The molecule has 0 spiro atoms. The topological polar surface area (TPSA) is 54.0 Å². The first kappa shape index (κ1) is 20.5. The summed E-state index contributed by atoms with van der Waals surface area (Å²) in [6.45, 7) is 1.12. The number of para-hydroxylation sites is 1. The quantitative estimate of drug-likeness (QED) is 0.576. The van der Waals surface area contributed by atoms with Crippen LogP contribution in [0.3, 0.4) is 0 Å². The molecule has 1 aliphatic heterocycles. The second-order valence-corrected chi connectivity index (χ2v) is 6.32. The summed E-state index contributed by atoms with van der Waals surface area (Å²) in [6.07, 6.45) is -6.22. The number of hydrogen-bond donors (Lipinski definition) is 2. The summed E-state index contributed by atoms with van der Waals surface area (Å²) in [5, 5.41) is 13.2. The lowest BCUT2D eigenvalue weighted by Crippen LogP contribution is -2.51. The highest BCUT2D eigenvalue weighted by atomic mass is 19.4. The van der Waals surface area contributed by atoms with E-state index in [4.69, 9.17) is 4.74 Å². The molecule has 1 fully saturated rings. The molecule has 2 aromatic carbocycles. The molecule has 2 atom stereocenters. The number of aliphatic hydroxyl groups is 1. The van der Waals surface area contributed by atoms with Gasteiger partial charge in [-0.1, -0.05) is 30.3 Å². The molecule has 2 unspecified atom stereocenters. The largest absolute Gasteiger partial charge is 0.573 e. The first-order valence-corrected chi connectivity index (χ1v) is 8.68. The van der Waals surface area contributed by atoms with Gasteiger partial charge >= 0.3 is 6.36 Å². The zero-order valence-corrected chi connectivity index (χ0v) is 14.8. The lowest BCUT2D eigenvalue weighted by molar-refractivity contribution is -0.274. The predicted octanol–water partition coefficient (Wildman–Crippen LogP) is 3.16. The summed E-state index contributed by atoms with van der Waals surface area (Å²) in [5.74, 6) is -0.668. The van der Waals surface area contributed by atoms with E-state index in [9.17, 15) is 22.7 Å². The third kappa shape index (κ3) is 5.65. The molecule has 2 N–H and O–H groups in total. The van der Waals surface area contributed by atoms with E-state index in [1.54, 1.807) is 23.1 Å². The van der Waals surface area contributed by atoms with Gasteiger partial charge < -0.3 is 14.6 Å². The van der Waals surface area contributed by atoms with Gasteiger partial charge in [-0.25, -0.2) is 4.39 Å². The highest BCUT2D eigenvalue weighted by Gasteiger charge is 2.32. The zero-order valence-electron chi connectivity index (χ0n) is 14.8. The molecule has 0 aromatic heterocycles. The zero-order chi connectivity index (χ0) is 20.1. The number of aliphatic hydroxyl groups excluding tert-OH is 1. The van der Waals surface area contributed by atoms with Gasteiger partial charge in [-0.3, -0.25) is 10.2 Å². The normalized spacial score (nSPS) is 19.4. The molecule has 0 saturated carbocycles. The second-order valence-electron chi connectivity index (χ2n) is 6.32. The minimum atomic E-state index is -4.79. The van der Waals surface area contributed by atoms with Crippen LogP contribution in [0, 0.1) is 5.82 Å². The van der Waals surface area contributed by atoms with Gasteiger partial charge in [0, 0.05) is 25.2 Å². The number of hydrogen-bond acceptors (Lipinski definition) is 5. The van der Waals surface area contributed by atoms with Crippen molar-refractivity contribution in [1.82, 2.24) is 10.2 Å². The van der Waals surface area contributed by atoms with Crippen molar-refractivity contribution in [3.8, 4) is 5.75 Å². The number of morpholine rings is 1. The molecular weight excluding hydrogens is 380 g/mol. The number of rotatable bonds is 6. The smallest absolute Gasteiger partial charge is 0.405 e. The summed E-state index contributed by atoms with van der Waals surface area (Å²) >= 11 is 0. The van der Waals surface area contributed by atoms with E-state index in [0.717, 1.165) is 5.56 Å². The van der Waals surface area contributed by atoms with Crippen molar-refractivity contribution in [2.75, 3.05) is 19.7 Å². The molecule has 9 heteroatoms. The second kappa shape index (κ2) is 8.87. The molecule has 1 heterocycles. The van der Waals surface area contributed by atoms with Gasteiger partial charge in [-0.2, -0.15) is 0 Å². The molecular formula is C19H20F4N2O3. The summed E-state index contributed by atoms with van der Waals surface area (Å²) in [4.78, 5) is 1.70. The van der Waals surface area contributed by atoms with Crippen molar-refractivity contribution in [1.29, 1.82) is 0 Å². The Balaban J connectivity index is 1.59. The van der Waals surface area contributed by atoms with Crippen molar-refractivity contribution < 1.29 is 32.1 Å². The van der Waals surface area contributed by atoms with Crippen molar-refractivity contribution in [2.24, 2.45) is 0 Å². The predicted molar refractivity (Wildman–Crippen MR) is 92.6 cm³/mol. The summed E-state index contributed by atoms with van der Waals surface area (Å²) in [5.41, 5.74) is 1.05. The molecule has 28 heavy (non-hydrogen) atoms. The molecule has 1 aliphatic rings. The van der Waals surface area contributed by atoms with Crippen LogP contribution >= 0.6 is 0 Å². The summed E-state index contributed by atoms with van der Waals surface area (Å²) in [7, 11) is 0. The van der Waals surface area contributed by atoms with Crippen molar-refractivity contribution >= 4 is 0 Å². The highest BCUT2D eigenvalue weighted by Crippen LogP contribution is 2.27. The lowest BCUT2D eigenvalue weighted by Gasteiger charge is -2.36. The van der Waals surface area contributed by atoms with Gasteiger partial charge in [0.25, 0.3) is 0 Å². The standard InChI is InChI=1S/C19H20F4N2O3/c20-15-7-5-13(6-8-15)17-12-25(9-10-27-17)18(26)24-11-14-3-1-2-4-16(14)28-19(21,22)23/h1-8,17-18,24,26H,9-12H2. The fourth-order valence-corrected chi connectivity index (χ4v) is 2.97. The third-order valence-electron chi connectivity index (χ3n) is 4.36. The Morgan fingerprint density at radius 3 is 2.61 bits per heavy atom. The number of nitrogens with zero attached hydrogens (tertiary/aromatic N) is 1. The van der Waals surface area contributed by atoms with Crippen LogP contribution in [0.1, 0.15) is 17.2 Å². The Kier molecular flexibility index (Phi) is 6.50. The van der Waals surface area contributed by atoms with Crippen LogP contribution in [-0.4, -0.2) is 42.4 Å². The van der Waals surface area contributed by atoms with Gasteiger partial charge in [-0.15, -0.1) is 13.2 Å². The molecule has 3 rings (SSSR count). The van der Waals surface area contributed by atoms with Crippen LogP contribution in [0.5, 0.6) is 5.75 Å². The Bertz CT molecular complexity index is 771. The maximum Gasteiger partial charge on any atom is 0.573 e. The van der Waals surface area contributed by atoms with E-state index >= 15 is 0 Å². The van der Waals surface area contributed by atoms with E-state index in [-0.39, 0.29) is 29.8 Å². The molecule has 0 radical (unpaired) electrons. The van der Waals surface area contributed by atoms with Gasteiger partial charge in [0.15, 0.2) is 6.35 Å². The molecule has 1 saturated heterocycles. The van der Waals surface area contributed by atoms with Gasteiger partial charge in [0.1, 0.15) is 11.6 Å². The Labute approximate surface area is 159 Å². The van der Waals surface area contributed by atoms with Crippen molar-refractivity contribution in [3.05, 3.63) is 65.5 Å². The summed E-state index contributed by atoms with van der Waals surface area (Å²) < 4.78 is 60.3. The molecule has 0 aliphatic carbocycles. The van der Waals surface area contributed by atoms with Crippen LogP contribution in [0.15, 0.2) is 48.5 Å². The van der Waals surface area contributed by atoms with Crippen LogP contribution in [0.25, 0.3) is 0 Å². The van der Waals surface area contributed by atoms with Crippen molar-refractivity contribution in [2.45, 2.75) is 25.4 Å². The molecule has 0 amide bonds. The van der Waals surface area contributed by atoms with Gasteiger partial charge in [0.2, 0.25) is 0 Å². The highest BCUT2D eigenvalue weighted by molar-refractivity contribution is 5.33. The van der Waals surface area contributed by atoms with E-state index in [1.165, 1.54) is 30.3 Å². The molecule has 152 valence electrons. The number of ether oxygens (including phenoxy) is 2. The molecule has 0 bridgehead atoms. The van der Waals surface area contributed by atoms with E-state index < -0.39 is 12.7 Å². The minimum Gasteiger partial charge on any atom is -0.405 e. The maximum absolute atomic E-state index is 13.1. The van der Waals surface area contributed by atoms with Crippen LogP contribution in [0.2, 0.25) is 0 Å². The fourth-order valence-electron chi connectivity index (χ4n) is 2.97. The number of benzene rings is 2. The molecule has 2 aromatic rings. The average molecular weight is 400 g/mol. The van der Waals surface area contributed by atoms with Gasteiger partial charge in [-0.05, 0) is 23.8 Å². The Hall–Kier alpha value is -2.20. The van der Waals surface area contributed by atoms with Crippen LogP contribution in [-0.2, 0) is 11.3 Å². The minimum absolute atomic E-state index is 0.0218. The van der Waals surface area contributed by atoms with E-state index in [2.05, 4.69) is 10.1 Å². The Morgan fingerprint density at radius 1 is 1.18 bits per heavy atom.